The summed E-state index contributed by atoms with van der Waals surface area (Å²) in [6, 6.07) is 15.9. The number of aromatic nitrogens is 3. The number of carbonyl (C=O) groups is 1. The van der Waals surface area contributed by atoms with Crippen molar-refractivity contribution < 1.29 is 14.6 Å². The van der Waals surface area contributed by atoms with Crippen molar-refractivity contribution in [3.05, 3.63) is 70.4 Å². The molecule has 1 aliphatic rings. The minimum absolute atomic E-state index is 0.539. The van der Waals surface area contributed by atoms with E-state index in [9.17, 15) is 9.90 Å². The van der Waals surface area contributed by atoms with Crippen molar-refractivity contribution >= 4 is 50.0 Å². The summed E-state index contributed by atoms with van der Waals surface area (Å²) in [6.45, 7) is 7.54. The van der Waals surface area contributed by atoms with Gasteiger partial charge in [0.15, 0.2) is 6.10 Å². The number of fused-ring (bicyclic) bond motifs is 2. The van der Waals surface area contributed by atoms with Gasteiger partial charge in [0, 0.05) is 40.1 Å². The van der Waals surface area contributed by atoms with E-state index in [0.717, 1.165) is 43.0 Å². The second-order valence-electron chi connectivity index (χ2n) is 11.3. The highest BCUT2D eigenvalue weighted by Crippen LogP contribution is 2.46. The molecule has 39 heavy (non-hydrogen) atoms. The van der Waals surface area contributed by atoms with Crippen LogP contribution in [-0.4, -0.2) is 31.4 Å². The Morgan fingerprint density at radius 3 is 2.46 bits per heavy atom. The lowest BCUT2D eigenvalue weighted by Gasteiger charge is -2.28. The molecule has 200 valence electrons. The molecule has 0 unspecified atom stereocenters. The Bertz CT molecular complexity index is 1740. The van der Waals surface area contributed by atoms with E-state index < -0.39 is 17.7 Å². The van der Waals surface area contributed by atoms with E-state index in [0.29, 0.717) is 16.5 Å². The van der Waals surface area contributed by atoms with Gasteiger partial charge in [-0.2, -0.15) is 5.10 Å². The molecule has 0 aliphatic heterocycles. The van der Waals surface area contributed by atoms with Gasteiger partial charge in [0.1, 0.15) is 5.01 Å². The fourth-order valence-electron chi connectivity index (χ4n) is 5.25. The predicted molar refractivity (Wildman–Crippen MR) is 158 cm³/mol. The lowest BCUT2D eigenvalue weighted by Crippen LogP contribution is -2.28. The highest BCUT2D eigenvalue weighted by molar-refractivity contribution is 7.22. The summed E-state index contributed by atoms with van der Waals surface area (Å²) in [6.07, 6.45) is 1.23. The van der Waals surface area contributed by atoms with Crippen LogP contribution < -0.4 is 0 Å². The Kier molecular flexibility index (Phi) is 6.29. The van der Waals surface area contributed by atoms with Gasteiger partial charge in [-0.3, -0.25) is 4.68 Å². The van der Waals surface area contributed by atoms with Crippen LogP contribution in [0.5, 0.6) is 0 Å². The largest absolute Gasteiger partial charge is 0.479 e. The summed E-state index contributed by atoms with van der Waals surface area (Å²) >= 11 is 7.80. The Balaban J connectivity index is 1.58. The molecule has 8 heteroatoms. The Labute approximate surface area is 236 Å². The van der Waals surface area contributed by atoms with Gasteiger partial charge in [0.25, 0.3) is 0 Å². The third kappa shape index (κ3) is 4.84. The molecule has 1 atom stereocenters. The molecule has 0 saturated heterocycles. The number of halogens is 1. The molecular weight excluding hydrogens is 530 g/mol. The summed E-state index contributed by atoms with van der Waals surface area (Å²) in [5.74, 6) is -0.487. The van der Waals surface area contributed by atoms with Crippen LogP contribution in [-0.2, 0) is 16.6 Å². The maximum atomic E-state index is 12.6. The highest BCUT2D eigenvalue weighted by Gasteiger charge is 2.33. The zero-order valence-corrected chi connectivity index (χ0v) is 24.2. The van der Waals surface area contributed by atoms with Gasteiger partial charge < -0.3 is 9.84 Å². The normalized spacial score (nSPS) is 14.8. The van der Waals surface area contributed by atoms with Gasteiger partial charge in [-0.05, 0) is 88.1 Å². The highest BCUT2D eigenvalue weighted by atomic mass is 35.5. The van der Waals surface area contributed by atoms with Crippen molar-refractivity contribution in [1.29, 1.82) is 0 Å². The number of rotatable bonds is 6. The summed E-state index contributed by atoms with van der Waals surface area (Å²) in [5, 5.41) is 17.8. The molecule has 0 radical (unpaired) electrons. The average molecular weight is 560 g/mol. The Hall–Kier alpha value is -3.26. The van der Waals surface area contributed by atoms with Gasteiger partial charge in [-0.15, -0.1) is 11.3 Å². The maximum Gasteiger partial charge on any atom is 0.337 e. The van der Waals surface area contributed by atoms with Crippen LogP contribution in [0, 0.1) is 6.92 Å². The number of nitrogens with zero attached hydrogens (tertiary/aromatic N) is 3. The number of hydrogen-bond donors (Lipinski definition) is 1. The molecule has 5 aromatic rings. The number of hydrogen-bond acceptors (Lipinski definition) is 5. The maximum absolute atomic E-state index is 12.6. The number of carboxylic acids is 1. The molecule has 0 amide bonds. The number of benzene rings is 3. The van der Waals surface area contributed by atoms with Crippen molar-refractivity contribution in [1.82, 2.24) is 14.8 Å². The van der Waals surface area contributed by atoms with Crippen LogP contribution in [0.15, 0.2) is 48.5 Å². The molecule has 1 aliphatic carbocycles. The minimum atomic E-state index is -1.14. The molecular formula is C31H30ClN3O3S. The van der Waals surface area contributed by atoms with Gasteiger partial charge >= 0.3 is 5.97 Å². The van der Waals surface area contributed by atoms with E-state index in [1.54, 1.807) is 11.3 Å². The Morgan fingerprint density at radius 1 is 1.13 bits per heavy atom. The average Bonchev–Trinajstić information content (AvgIpc) is 3.55. The summed E-state index contributed by atoms with van der Waals surface area (Å²) < 4.78 is 9.01. The molecule has 1 fully saturated rings. The van der Waals surface area contributed by atoms with Crippen molar-refractivity contribution in [3.8, 4) is 21.7 Å². The fraction of sp³-hybridized carbons (Fsp3) is 0.323. The van der Waals surface area contributed by atoms with Crippen molar-refractivity contribution in [2.24, 2.45) is 7.05 Å². The van der Waals surface area contributed by atoms with E-state index in [1.807, 2.05) is 69.8 Å². The fourth-order valence-corrected chi connectivity index (χ4v) is 6.49. The molecule has 6 nitrogen and oxygen atoms in total. The van der Waals surface area contributed by atoms with Gasteiger partial charge in [-0.1, -0.05) is 23.7 Å². The second-order valence-corrected chi connectivity index (χ2v) is 12.8. The van der Waals surface area contributed by atoms with Crippen molar-refractivity contribution in [3.63, 3.8) is 0 Å². The first-order chi connectivity index (χ1) is 18.5. The third-order valence-electron chi connectivity index (χ3n) is 7.11. The first kappa shape index (κ1) is 26.0. The number of aliphatic carboxylic acids is 1. The second kappa shape index (κ2) is 9.44. The molecule has 3 aromatic carbocycles. The van der Waals surface area contributed by atoms with Crippen LogP contribution in [0.25, 0.3) is 42.8 Å². The smallest absolute Gasteiger partial charge is 0.337 e. The molecule has 1 N–H and O–H groups in total. The standard InChI is InChI=1S/C31H30ClN3O3S/c1-16-14-22-28(25(17-8-11-20(32)12-9-17)24(16)27(30(36)37)38-31(2,3)4)39-29(33-22)19-10-13-23-21(15-19)26(18-6-7-18)34-35(23)5/h8-15,18,27H,6-7H2,1-5H3,(H,36,37)/t27-/m0/s1. The Morgan fingerprint density at radius 2 is 1.82 bits per heavy atom. The monoisotopic (exact) mass is 559 g/mol. The zero-order chi connectivity index (χ0) is 27.6. The van der Waals surface area contributed by atoms with Crippen LogP contribution in [0.2, 0.25) is 5.02 Å². The summed E-state index contributed by atoms with van der Waals surface area (Å²) in [5.41, 5.74) is 6.64. The first-order valence-electron chi connectivity index (χ1n) is 13.1. The van der Waals surface area contributed by atoms with E-state index >= 15 is 0 Å². The minimum Gasteiger partial charge on any atom is -0.479 e. The quantitative estimate of drug-likeness (QED) is 0.226. The first-order valence-corrected chi connectivity index (χ1v) is 14.3. The van der Waals surface area contributed by atoms with Crippen LogP contribution in [0.1, 0.15) is 62.5 Å². The molecule has 1 saturated carbocycles. The van der Waals surface area contributed by atoms with E-state index in [-0.39, 0.29) is 0 Å². The predicted octanol–water partition coefficient (Wildman–Crippen LogP) is 8.30. The van der Waals surface area contributed by atoms with E-state index in [2.05, 4.69) is 18.2 Å². The van der Waals surface area contributed by atoms with Crippen molar-refractivity contribution in [2.75, 3.05) is 0 Å². The molecule has 2 heterocycles. The van der Waals surface area contributed by atoms with E-state index in [4.69, 9.17) is 26.4 Å². The molecule has 0 spiro atoms. The van der Waals surface area contributed by atoms with Crippen LogP contribution in [0.3, 0.4) is 0 Å². The van der Waals surface area contributed by atoms with E-state index in [1.165, 1.54) is 23.9 Å². The topological polar surface area (TPSA) is 77.2 Å². The number of carboxylic acid groups (broad SMARTS) is 1. The molecule has 6 rings (SSSR count). The lowest BCUT2D eigenvalue weighted by atomic mass is 9.91. The number of thiazole rings is 1. The lowest BCUT2D eigenvalue weighted by molar-refractivity contribution is -0.160. The van der Waals surface area contributed by atoms with Crippen LogP contribution >= 0.6 is 22.9 Å². The molecule has 0 bridgehead atoms. The van der Waals surface area contributed by atoms with Gasteiger partial charge in [0.2, 0.25) is 0 Å². The van der Waals surface area contributed by atoms with Crippen molar-refractivity contribution in [2.45, 2.75) is 58.2 Å². The SMILES string of the molecule is Cc1cc2nc(-c3ccc4c(c3)c(C3CC3)nn4C)sc2c(-c2ccc(Cl)cc2)c1[C@H](OC(C)(C)C)C(=O)O. The summed E-state index contributed by atoms with van der Waals surface area (Å²) in [7, 11) is 1.99. The van der Waals surface area contributed by atoms with Gasteiger partial charge in [-0.25, -0.2) is 9.78 Å². The third-order valence-corrected chi connectivity index (χ3v) is 8.50. The molecule has 2 aromatic heterocycles. The number of ether oxygens (including phenoxy) is 1. The summed E-state index contributed by atoms with van der Waals surface area (Å²) in [4.78, 5) is 17.6. The van der Waals surface area contributed by atoms with Crippen LogP contribution in [0.4, 0.5) is 0 Å². The number of aryl methyl sites for hydroxylation is 2. The zero-order valence-electron chi connectivity index (χ0n) is 22.6. The van der Waals surface area contributed by atoms with Gasteiger partial charge in [0.05, 0.1) is 27.0 Å².